The van der Waals surface area contributed by atoms with Gasteiger partial charge in [-0.2, -0.15) is 0 Å². The molecule has 1 saturated heterocycles. The maximum absolute atomic E-state index is 12.3. The van der Waals surface area contributed by atoms with Crippen molar-refractivity contribution in [3.05, 3.63) is 48.4 Å². The molecule has 0 radical (unpaired) electrons. The summed E-state index contributed by atoms with van der Waals surface area (Å²) in [6.07, 6.45) is 3.10. The van der Waals surface area contributed by atoms with Gasteiger partial charge in [-0.1, -0.05) is 18.2 Å². The number of amides is 1. The molecule has 0 aliphatic carbocycles. The number of hydrogen-bond acceptors (Lipinski definition) is 4. The van der Waals surface area contributed by atoms with Crippen molar-refractivity contribution < 1.29 is 4.79 Å². The highest BCUT2D eigenvalue weighted by Crippen LogP contribution is 2.26. The van der Waals surface area contributed by atoms with Gasteiger partial charge in [-0.15, -0.1) is 0 Å². The summed E-state index contributed by atoms with van der Waals surface area (Å²) in [6.45, 7) is 3.73. The van der Waals surface area contributed by atoms with Crippen LogP contribution in [-0.4, -0.2) is 36.0 Å². The fourth-order valence-corrected chi connectivity index (χ4v) is 2.90. The van der Waals surface area contributed by atoms with Crippen LogP contribution in [0.4, 0.5) is 11.5 Å². The molecule has 3 rings (SSSR count). The minimum Gasteiger partial charge on any atom is -0.360 e. The van der Waals surface area contributed by atoms with Crippen molar-refractivity contribution in [3.8, 4) is 0 Å². The van der Waals surface area contributed by atoms with Crippen LogP contribution in [0.5, 0.6) is 0 Å². The zero-order valence-corrected chi connectivity index (χ0v) is 13.6. The number of para-hydroxylation sites is 1. The number of carbonyl (C=O) groups excluding carboxylic acids is 1. The molecule has 0 saturated carbocycles. The molecule has 1 aromatic heterocycles. The summed E-state index contributed by atoms with van der Waals surface area (Å²) in [6, 6.07) is 11.8. The highest BCUT2D eigenvalue weighted by molar-refractivity contribution is 5.95. The maximum atomic E-state index is 12.3. The number of rotatable bonds is 5. The summed E-state index contributed by atoms with van der Waals surface area (Å²) >= 11 is 0. The molecule has 2 aromatic rings. The normalized spacial score (nSPS) is 17.6. The van der Waals surface area contributed by atoms with Crippen LogP contribution in [0.25, 0.3) is 0 Å². The molecule has 2 heterocycles. The molecule has 1 atom stereocenters. The molecule has 0 N–H and O–H groups in total. The van der Waals surface area contributed by atoms with Gasteiger partial charge in [-0.25, -0.2) is 9.97 Å². The second-order valence-electron chi connectivity index (χ2n) is 5.96. The van der Waals surface area contributed by atoms with E-state index in [1.165, 1.54) is 0 Å². The predicted molar refractivity (Wildman–Crippen MR) is 91.6 cm³/mol. The van der Waals surface area contributed by atoms with Crippen LogP contribution in [-0.2, 0) is 11.2 Å². The van der Waals surface area contributed by atoms with E-state index in [1.54, 1.807) is 6.20 Å². The van der Waals surface area contributed by atoms with Crippen molar-refractivity contribution in [2.45, 2.75) is 19.8 Å². The standard InChI is InChI=1S/C18H22N4O/c1-3-21(2)17-9-10-19-16(20-17)11-14-12-18(23)22(13-14)15-7-5-4-6-8-15/h4-10,14H,3,11-13H2,1-2H3/t14-/m0/s1. The van der Waals surface area contributed by atoms with Crippen molar-refractivity contribution in [3.63, 3.8) is 0 Å². The lowest BCUT2D eigenvalue weighted by molar-refractivity contribution is -0.117. The summed E-state index contributed by atoms with van der Waals surface area (Å²) < 4.78 is 0. The van der Waals surface area contributed by atoms with Gasteiger partial charge in [-0.3, -0.25) is 4.79 Å². The van der Waals surface area contributed by atoms with Gasteiger partial charge in [0.15, 0.2) is 0 Å². The van der Waals surface area contributed by atoms with Crippen LogP contribution in [0.3, 0.4) is 0 Å². The smallest absolute Gasteiger partial charge is 0.227 e. The Morgan fingerprint density at radius 3 is 2.78 bits per heavy atom. The average molecular weight is 310 g/mol. The van der Waals surface area contributed by atoms with E-state index >= 15 is 0 Å². The number of nitrogens with zero attached hydrogens (tertiary/aromatic N) is 4. The number of anilines is 2. The van der Waals surface area contributed by atoms with Crippen molar-refractivity contribution in [1.29, 1.82) is 0 Å². The predicted octanol–water partition coefficient (Wildman–Crippen LogP) is 2.53. The summed E-state index contributed by atoms with van der Waals surface area (Å²) in [5, 5.41) is 0. The number of carbonyl (C=O) groups is 1. The largest absolute Gasteiger partial charge is 0.360 e. The Hall–Kier alpha value is -2.43. The zero-order chi connectivity index (χ0) is 16.2. The lowest BCUT2D eigenvalue weighted by Gasteiger charge is -2.17. The highest BCUT2D eigenvalue weighted by Gasteiger charge is 2.31. The first-order chi connectivity index (χ1) is 11.2. The van der Waals surface area contributed by atoms with E-state index in [0.717, 1.165) is 36.8 Å². The van der Waals surface area contributed by atoms with Gasteiger partial charge in [0.05, 0.1) is 0 Å². The van der Waals surface area contributed by atoms with Crippen molar-refractivity contribution >= 4 is 17.4 Å². The second-order valence-corrected chi connectivity index (χ2v) is 5.96. The quantitative estimate of drug-likeness (QED) is 0.851. The fraction of sp³-hybridized carbons (Fsp3) is 0.389. The molecular weight excluding hydrogens is 288 g/mol. The molecule has 5 heteroatoms. The van der Waals surface area contributed by atoms with Crippen molar-refractivity contribution in [2.24, 2.45) is 5.92 Å². The van der Waals surface area contributed by atoms with E-state index in [2.05, 4.69) is 21.8 Å². The monoisotopic (exact) mass is 310 g/mol. The van der Waals surface area contributed by atoms with E-state index in [0.29, 0.717) is 6.42 Å². The summed E-state index contributed by atoms with van der Waals surface area (Å²) in [5.74, 6) is 2.20. The van der Waals surface area contributed by atoms with E-state index < -0.39 is 0 Å². The number of aromatic nitrogens is 2. The van der Waals surface area contributed by atoms with Gasteiger partial charge < -0.3 is 9.80 Å². The molecule has 1 aliphatic heterocycles. The summed E-state index contributed by atoms with van der Waals surface area (Å²) in [4.78, 5) is 25.2. The Morgan fingerprint density at radius 1 is 1.26 bits per heavy atom. The first-order valence-electron chi connectivity index (χ1n) is 8.06. The maximum Gasteiger partial charge on any atom is 0.227 e. The molecule has 1 fully saturated rings. The van der Waals surface area contributed by atoms with E-state index in [-0.39, 0.29) is 11.8 Å². The fourth-order valence-electron chi connectivity index (χ4n) is 2.90. The molecule has 0 spiro atoms. The van der Waals surface area contributed by atoms with Gasteiger partial charge in [0.25, 0.3) is 0 Å². The molecule has 0 bridgehead atoms. The minimum absolute atomic E-state index is 0.183. The lowest BCUT2D eigenvalue weighted by atomic mass is 10.0. The SMILES string of the molecule is CCN(C)c1ccnc(C[C@H]2CC(=O)N(c3ccccc3)C2)n1. The Bertz CT molecular complexity index is 674. The average Bonchev–Trinajstić information content (AvgIpc) is 2.95. The zero-order valence-electron chi connectivity index (χ0n) is 13.6. The third kappa shape index (κ3) is 3.50. The highest BCUT2D eigenvalue weighted by atomic mass is 16.2. The van der Waals surface area contributed by atoms with Gasteiger partial charge in [0.1, 0.15) is 11.6 Å². The molecule has 0 unspecified atom stereocenters. The first-order valence-corrected chi connectivity index (χ1v) is 8.06. The topological polar surface area (TPSA) is 49.3 Å². The van der Waals surface area contributed by atoms with Crippen LogP contribution in [0.15, 0.2) is 42.6 Å². The number of benzene rings is 1. The Balaban J connectivity index is 1.69. The van der Waals surface area contributed by atoms with E-state index in [4.69, 9.17) is 0 Å². The van der Waals surface area contributed by atoms with Crippen LogP contribution in [0.2, 0.25) is 0 Å². The molecule has 23 heavy (non-hydrogen) atoms. The molecule has 1 aliphatic rings. The Labute approximate surface area is 137 Å². The van der Waals surface area contributed by atoms with Crippen LogP contribution < -0.4 is 9.80 Å². The van der Waals surface area contributed by atoms with Crippen molar-refractivity contribution in [2.75, 3.05) is 29.9 Å². The van der Waals surface area contributed by atoms with Gasteiger partial charge >= 0.3 is 0 Å². The lowest BCUT2D eigenvalue weighted by Crippen LogP contribution is -2.24. The van der Waals surface area contributed by atoms with E-state index in [1.807, 2.05) is 48.3 Å². The Morgan fingerprint density at radius 2 is 2.04 bits per heavy atom. The van der Waals surface area contributed by atoms with Crippen LogP contribution >= 0.6 is 0 Å². The van der Waals surface area contributed by atoms with Gasteiger partial charge in [-0.05, 0) is 31.0 Å². The first kappa shape index (κ1) is 15.5. The van der Waals surface area contributed by atoms with Gasteiger partial charge in [0, 0.05) is 44.9 Å². The third-order valence-electron chi connectivity index (χ3n) is 4.30. The Kier molecular flexibility index (Phi) is 4.55. The minimum atomic E-state index is 0.183. The summed E-state index contributed by atoms with van der Waals surface area (Å²) in [7, 11) is 2.02. The molecule has 1 aromatic carbocycles. The van der Waals surface area contributed by atoms with Gasteiger partial charge in [0.2, 0.25) is 5.91 Å². The molecule has 120 valence electrons. The number of hydrogen-bond donors (Lipinski definition) is 0. The molecule has 1 amide bonds. The third-order valence-corrected chi connectivity index (χ3v) is 4.30. The van der Waals surface area contributed by atoms with Crippen molar-refractivity contribution in [1.82, 2.24) is 9.97 Å². The summed E-state index contributed by atoms with van der Waals surface area (Å²) in [5.41, 5.74) is 0.973. The molecular formula is C18H22N4O. The van der Waals surface area contributed by atoms with Crippen LogP contribution in [0, 0.1) is 5.92 Å². The second kappa shape index (κ2) is 6.77. The van der Waals surface area contributed by atoms with Crippen LogP contribution in [0.1, 0.15) is 19.2 Å². The molecule has 5 nitrogen and oxygen atoms in total. The van der Waals surface area contributed by atoms with E-state index in [9.17, 15) is 4.79 Å².